The first kappa shape index (κ1) is 6.33. The zero-order valence-corrected chi connectivity index (χ0v) is 5.41. The van der Waals surface area contributed by atoms with Crippen LogP contribution in [0.2, 0.25) is 0 Å². The maximum absolute atomic E-state index is 12.4. The Bertz CT molecular complexity index is 166. The van der Waals surface area contributed by atoms with E-state index in [0.29, 0.717) is 24.4 Å². The molecular weight excluding hydrogens is 119 g/mol. The number of rotatable bonds is 0. The van der Waals surface area contributed by atoms with Gasteiger partial charge in [0, 0.05) is 12.0 Å². The van der Waals surface area contributed by atoms with Gasteiger partial charge in [-0.25, -0.2) is 4.39 Å². The van der Waals surface area contributed by atoms with Gasteiger partial charge in [-0.15, -0.1) is 0 Å². The van der Waals surface area contributed by atoms with Crippen LogP contribution >= 0.6 is 0 Å². The predicted molar refractivity (Wildman–Crippen MR) is 33.5 cm³/mol. The molecule has 9 heavy (non-hydrogen) atoms. The van der Waals surface area contributed by atoms with Gasteiger partial charge in [0.2, 0.25) is 0 Å². The van der Waals surface area contributed by atoms with Crippen LogP contribution < -0.4 is 0 Å². The van der Waals surface area contributed by atoms with E-state index in [-0.39, 0.29) is 5.83 Å². The van der Waals surface area contributed by atoms with Gasteiger partial charge in [-0.3, -0.25) is 0 Å². The maximum Gasteiger partial charge on any atom is 0.118 e. The quantitative estimate of drug-likeness (QED) is 0.485. The first-order valence-corrected chi connectivity index (χ1v) is 2.89. The lowest BCUT2D eigenvalue weighted by Crippen LogP contribution is -1.79. The van der Waals surface area contributed by atoms with E-state index >= 15 is 0 Å². The monoisotopic (exact) mass is 128 g/mol. The van der Waals surface area contributed by atoms with Crippen molar-refractivity contribution in [3.8, 4) is 0 Å². The van der Waals surface area contributed by atoms with Crippen LogP contribution in [0.15, 0.2) is 23.7 Å². The van der Waals surface area contributed by atoms with Crippen molar-refractivity contribution in [2.45, 2.75) is 13.3 Å². The minimum Gasteiger partial charge on any atom is -0.493 e. The molecule has 0 atom stereocenters. The maximum atomic E-state index is 12.4. The summed E-state index contributed by atoms with van der Waals surface area (Å²) in [6, 6.07) is 0. The number of hydrogen-bond acceptors (Lipinski definition) is 1. The van der Waals surface area contributed by atoms with Gasteiger partial charge in [0.05, 0.1) is 6.61 Å². The Labute approximate surface area is 53.8 Å². The normalized spacial score (nSPS) is 24.0. The molecule has 50 valence electrons. The average Bonchev–Trinajstić information content (AvgIpc) is 2.13. The second-order valence-electron chi connectivity index (χ2n) is 2.03. The molecule has 2 heteroatoms. The SMILES string of the molecule is C=C1OCC/C1=C(/C)F. The van der Waals surface area contributed by atoms with Gasteiger partial charge in [0.15, 0.2) is 0 Å². The number of hydrogen-bond donors (Lipinski definition) is 0. The van der Waals surface area contributed by atoms with Crippen molar-refractivity contribution in [3.05, 3.63) is 23.7 Å². The van der Waals surface area contributed by atoms with Gasteiger partial charge < -0.3 is 4.74 Å². The number of halogens is 1. The fourth-order valence-corrected chi connectivity index (χ4v) is 0.867. The Morgan fingerprint density at radius 3 is 2.67 bits per heavy atom. The van der Waals surface area contributed by atoms with Crippen LogP contribution in [0.4, 0.5) is 4.39 Å². The second kappa shape index (κ2) is 2.21. The molecule has 0 radical (unpaired) electrons. The van der Waals surface area contributed by atoms with Crippen molar-refractivity contribution in [2.75, 3.05) is 6.61 Å². The highest BCUT2D eigenvalue weighted by atomic mass is 19.1. The lowest BCUT2D eigenvalue weighted by molar-refractivity contribution is 0.267. The molecule has 1 aliphatic rings. The Morgan fingerprint density at radius 2 is 2.44 bits per heavy atom. The highest BCUT2D eigenvalue weighted by molar-refractivity contribution is 5.28. The van der Waals surface area contributed by atoms with Crippen molar-refractivity contribution in [1.82, 2.24) is 0 Å². The van der Waals surface area contributed by atoms with Gasteiger partial charge in [-0.05, 0) is 6.92 Å². The first-order chi connectivity index (χ1) is 4.22. The fourth-order valence-electron chi connectivity index (χ4n) is 0.867. The molecule has 0 unspecified atom stereocenters. The van der Waals surface area contributed by atoms with E-state index in [1.54, 1.807) is 0 Å². The summed E-state index contributed by atoms with van der Waals surface area (Å²) in [6.07, 6.45) is 0.668. The topological polar surface area (TPSA) is 9.23 Å². The summed E-state index contributed by atoms with van der Waals surface area (Å²) in [4.78, 5) is 0. The van der Waals surface area contributed by atoms with Gasteiger partial charge in [0.25, 0.3) is 0 Å². The molecular formula is C7H9FO. The third kappa shape index (κ3) is 1.12. The molecule has 1 rings (SSSR count). The zero-order valence-electron chi connectivity index (χ0n) is 5.41. The predicted octanol–water partition coefficient (Wildman–Crippen LogP) is 2.16. The van der Waals surface area contributed by atoms with E-state index in [2.05, 4.69) is 6.58 Å². The Morgan fingerprint density at radius 1 is 1.78 bits per heavy atom. The van der Waals surface area contributed by atoms with Crippen LogP contribution in [0, 0.1) is 0 Å². The third-order valence-electron chi connectivity index (χ3n) is 1.38. The minimum absolute atomic E-state index is 0.169. The van der Waals surface area contributed by atoms with Gasteiger partial charge in [-0.2, -0.15) is 0 Å². The Kier molecular flexibility index (Phi) is 1.56. The molecule has 0 aromatic heterocycles. The van der Waals surface area contributed by atoms with Gasteiger partial charge >= 0.3 is 0 Å². The van der Waals surface area contributed by atoms with Gasteiger partial charge in [0.1, 0.15) is 11.6 Å². The lowest BCUT2D eigenvalue weighted by atomic mass is 10.2. The Hall–Kier alpha value is -0.790. The molecule has 0 saturated carbocycles. The van der Waals surface area contributed by atoms with Crippen molar-refractivity contribution >= 4 is 0 Å². The summed E-state index contributed by atoms with van der Waals surface area (Å²) in [7, 11) is 0. The van der Waals surface area contributed by atoms with Crippen molar-refractivity contribution in [1.29, 1.82) is 0 Å². The molecule has 0 aromatic carbocycles. The van der Waals surface area contributed by atoms with Crippen LogP contribution in [-0.2, 0) is 4.74 Å². The molecule has 0 aliphatic carbocycles. The van der Waals surface area contributed by atoms with Crippen molar-refractivity contribution in [2.24, 2.45) is 0 Å². The second-order valence-corrected chi connectivity index (χ2v) is 2.03. The molecule has 0 aromatic rings. The molecule has 1 heterocycles. The standard InChI is InChI=1S/C7H9FO/c1-5(8)7-3-4-9-6(7)2/h2-4H2,1H3/b7-5+. The lowest BCUT2D eigenvalue weighted by Gasteiger charge is -1.94. The van der Waals surface area contributed by atoms with Gasteiger partial charge in [-0.1, -0.05) is 6.58 Å². The fraction of sp³-hybridized carbons (Fsp3) is 0.429. The summed E-state index contributed by atoms with van der Waals surface area (Å²) < 4.78 is 17.3. The van der Waals surface area contributed by atoms with Crippen LogP contribution in [0.1, 0.15) is 13.3 Å². The molecule has 0 bridgehead atoms. The Balaban J connectivity index is 2.83. The van der Waals surface area contributed by atoms with E-state index in [9.17, 15) is 4.39 Å². The molecule has 0 N–H and O–H groups in total. The molecule has 0 spiro atoms. The average molecular weight is 128 g/mol. The third-order valence-corrected chi connectivity index (χ3v) is 1.38. The summed E-state index contributed by atoms with van der Waals surface area (Å²) in [5, 5.41) is 0. The van der Waals surface area contributed by atoms with E-state index in [1.807, 2.05) is 0 Å². The number of allylic oxidation sites excluding steroid dienone is 2. The highest BCUT2D eigenvalue weighted by Gasteiger charge is 2.14. The number of ether oxygens (including phenoxy) is 1. The smallest absolute Gasteiger partial charge is 0.118 e. The van der Waals surface area contributed by atoms with Crippen LogP contribution in [-0.4, -0.2) is 6.61 Å². The molecule has 1 aliphatic heterocycles. The van der Waals surface area contributed by atoms with Crippen LogP contribution in [0.3, 0.4) is 0 Å². The summed E-state index contributed by atoms with van der Waals surface area (Å²) in [5.41, 5.74) is 0.634. The molecule has 0 amide bonds. The summed E-state index contributed by atoms with van der Waals surface area (Å²) >= 11 is 0. The van der Waals surface area contributed by atoms with E-state index in [1.165, 1.54) is 6.92 Å². The summed E-state index contributed by atoms with van der Waals surface area (Å²) in [6.45, 7) is 5.54. The van der Waals surface area contributed by atoms with Crippen LogP contribution in [0.5, 0.6) is 0 Å². The summed E-state index contributed by atoms with van der Waals surface area (Å²) in [5.74, 6) is 0.326. The first-order valence-electron chi connectivity index (χ1n) is 2.89. The van der Waals surface area contributed by atoms with E-state index in [4.69, 9.17) is 4.74 Å². The largest absolute Gasteiger partial charge is 0.493 e. The minimum atomic E-state index is -0.169. The van der Waals surface area contributed by atoms with E-state index in [0.717, 1.165) is 0 Å². The van der Waals surface area contributed by atoms with E-state index < -0.39 is 0 Å². The van der Waals surface area contributed by atoms with Crippen molar-refractivity contribution in [3.63, 3.8) is 0 Å². The molecule has 1 nitrogen and oxygen atoms in total. The molecule has 1 fully saturated rings. The highest BCUT2D eigenvalue weighted by Crippen LogP contribution is 2.25. The van der Waals surface area contributed by atoms with Crippen LogP contribution in [0.25, 0.3) is 0 Å². The zero-order chi connectivity index (χ0) is 6.85. The van der Waals surface area contributed by atoms with Crippen molar-refractivity contribution < 1.29 is 9.13 Å². The molecule has 1 saturated heterocycles.